The molecule has 0 aliphatic rings. The summed E-state index contributed by atoms with van der Waals surface area (Å²) in [6.07, 6.45) is 0. The number of fused-ring (bicyclic) bond motifs is 1. The maximum Gasteiger partial charge on any atom is 0.398 e. The molecule has 7 heteroatoms. The number of aromatic nitrogens is 2. The molecule has 1 heterocycles. The van der Waals surface area contributed by atoms with Crippen molar-refractivity contribution in [3.63, 3.8) is 0 Å². The van der Waals surface area contributed by atoms with Crippen LogP contribution in [0.5, 0.6) is 5.75 Å². The fourth-order valence-corrected chi connectivity index (χ4v) is 1.79. The zero-order chi connectivity index (χ0) is 13.3. The highest BCUT2D eigenvalue weighted by Gasteiger charge is 2.17. The van der Waals surface area contributed by atoms with E-state index in [-0.39, 0.29) is 5.39 Å². The van der Waals surface area contributed by atoms with Crippen LogP contribution in [0.2, 0.25) is 0 Å². The third kappa shape index (κ3) is 1.52. The van der Waals surface area contributed by atoms with E-state index >= 15 is 0 Å². The first-order chi connectivity index (χ1) is 8.65. The van der Waals surface area contributed by atoms with Gasteiger partial charge < -0.3 is 14.4 Å². The van der Waals surface area contributed by atoms with Gasteiger partial charge in [-0.2, -0.15) is 0 Å². The molecule has 1 aromatic carbocycles. The summed E-state index contributed by atoms with van der Waals surface area (Å²) in [5.74, 6) is 0.342. The first-order valence-corrected chi connectivity index (χ1v) is 5.09. The molecule has 0 N–H and O–H groups in total. The highest BCUT2D eigenvalue weighted by molar-refractivity contribution is 5.84. The topological polar surface area (TPSA) is 71.7 Å². The van der Waals surface area contributed by atoms with Crippen LogP contribution in [0.1, 0.15) is 0 Å². The summed E-state index contributed by atoms with van der Waals surface area (Å²) in [6, 6.07) is 4.87. The zero-order valence-electron chi connectivity index (χ0n) is 10.2. The first kappa shape index (κ1) is 12.0. The van der Waals surface area contributed by atoms with Gasteiger partial charge in [-0.15, -0.1) is 4.73 Å². The first-order valence-electron chi connectivity index (χ1n) is 5.09. The molecule has 0 unspecified atom stereocenters. The Labute approximate surface area is 102 Å². The summed E-state index contributed by atoms with van der Waals surface area (Å²) in [6.45, 7) is 0. The third-order valence-electron chi connectivity index (χ3n) is 2.55. The van der Waals surface area contributed by atoms with Crippen LogP contribution in [-0.2, 0) is 0 Å². The number of hydrogen-bond acceptors (Lipinski definition) is 5. The second-order valence-electron chi connectivity index (χ2n) is 3.40. The summed E-state index contributed by atoms with van der Waals surface area (Å²) in [7, 11) is 3.99. The second-order valence-corrected chi connectivity index (χ2v) is 3.40. The van der Waals surface area contributed by atoms with E-state index in [0.717, 1.165) is 4.73 Å². The summed E-state index contributed by atoms with van der Waals surface area (Å²) in [5.41, 5.74) is -0.992. The average Bonchev–Trinajstić information content (AvgIpc) is 2.39. The Morgan fingerprint density at radius 1 is 1.00 bits per heavy atom. The minimum Gasteiger partial charge on any atom is -0.496 e. The molecule has 0 bridgehead atoms. The predicted molar refractivity (Wildman–Crippen MR) is 64.0 cm³/mol. The SMILES string of the molecule is COc1cccc2c1c(=O)n(OC)c(=O)n2OC. The number of benzene rings is 1. The monoisotopic (exact) mass is 252 g/mol. The van der Waals surface area contributed by atoms with Crippen LogP contribution in [0, 0.1) is 0 Å². The molecular weight excluding hydrogens is 240 g/mol. The van der Waals surface area contributed by atoms with Crippen molar-refractivity contribution >= 4 is 10.9 Å². The lowest BCUT2D eigenvalue weighted by Crippen LogP contribution is -2.44. The van der Waals surface area contributed by atoms with Crippen molar-refractivity contribution in [1.82, 2.24) is 9.46 Å². The number of ether oxygens (including phenoxy) is 1. The summed E-state index contributed by atoms with van der Waals surface area (Å²) in [4.78, 5) is 33.7. The van der Waals surface area contributed by atoms with Gasteiger partial charge in [0.1, 0.15) is 30.9 Å². The van der Waals surface area contributed by atoms with E-state index in [1.807, 2.05) is 0 Å². The average molecular weight is 252 g/mol. The van der Waals surface area contributed by atoms with Crippen molar-refractivity contribution < 1.29 is 14.4 Å². The molecule has 2 rings (SSSR count). The molecule has 0 fully saturated rings. The van der Waals surface area contributed by atoms with Gasteiger partial charge >= 0.3 is 11.2 Å². The van der Waals surface area contributed by atoms with E-state index in [1.165, 1.54) is 21.3 Å². The Bertz CT molecular complexity index is 701. The Kier molecular flexibility index (Phi) is 2.97. The van der Waals surface area contributed by atoms with Crippen LogP contribution in [0.3, 0.4) is 0 Å². The van der Waals surface area contributed by atoms with Crippen LogP contribution >= 0.6 is 0 Å². The van der Waals surface area contributed by atoms with Crippen molar-refractivity contribution in [3.8, 4) is 5.75 Å². The molecule has 0 saturated heterocycles. The normalized spacial score (nSPS) is 10.4. The Morgan fingerprint density at radius 2 is 1.67 bits per heavy atom. The van der Waals surface area contributed by atoms with Gasteiger partial charge in [0.05, 0.1) is 7.11 Å². The van der Waals surface area contributed by atoms with Crippen LogP contribution < -0.4 is 25.7 Å². The van der Waals surface area contributed by atoms with Crippen LogP contribution in [0.4, 0.5) is 0 Å². The third-order valence-corrected chi connectivity index (χ3v) is 2.55. The van der Waals surface area contributed by atoms with Crippen molar-refractivity contribution in [3.05, 3.63) is 39.0 Å². The molecule has 96 valence electrons. The van der Waals surface area contributed by atoms with E-state index < -0.39 is 11.2 Å². The van der Waals surface area contributed by atoms with Gasteiger partial charge in [-0.3, -0.25) is 4.79 Å². The maximum atomic E-state index is 12.1. The fraction of sp³-hybridized carbons (Fsp3) is 0.273. The van der Waals surface area contributed by atoms with E-state index in [4.69, 9.17) is 14.4 Å². The molecule has 0 aliphatic heterocycles. The van der Waals surface area contributed by atoms with Crippen LogP contribution in [-0.4, -0.2) is 30.8 Å². The molecular formula is C11H12N2O5. The van der Waals surface area contributed by atoms with Crippen molar-refractivity contribution in [2.75, 3.05) is 21.3 Å². The standard InChI is InChI=1S/C11H12N2O5/c1-16-8-6-4-5-7-9(8)10(14)13(18-3)11(15)12(7)17-2/h4-6H,1-3H3. The number of rotatable bonds is 3. The Morgan fingerprint density at radius 3 is 2.22 bits per heavy atom. The van der Waals surface area contributed by atoms with Gasteiger partial charge in [0, 0.05) is 0 Å². The molecule has 1 aromatic heterocycles. The highest BCUT2D eigenvalue weighted by Crippen LogP contribution is 2.20. The fourth-order valence-electron chi connectivity index (χ4n) is 1.79. The largest absolute Gasteiger partial charge is 0.496 e. The lowest BCUT2D eigenvalue weighted by Gasteiger charge is -2.12. The summed E-state index contributed by atoms with van der Waals surface area (Å²) < 4.78 is 6.67. The molecule has 0 spiro atoms. The predicted octanol–water partition coefficient (Wildman–Crippen LogP) is -0.711. The lowest BCUT2D eigenvalue weighted by molar-refractivity contribution is 0.0993. The van der Waals surface area contributed by atoms with Crippen molar-refractivity contribution in [2.45, 2.75) is 0 Å². The molecule has 2 aromatic rings. The van der Waals surface area contributed by atoms with Gasteiger partial charge in [-0.25, -0.2) is 4.79 Å². The molecule has 0 amide bonds. The molecule has 7 nitrogen and oxygen atoms in total. The second kappa shape index (κ2) is 4.44. The maximum absolute atomic E-state index is 12.1. The van der Waals surface area contributed by atoms with E-state index in [1.54, 1.807) is 18.2 Å². The summed E-state index contributed by atoms with van der Waals surface area (Å²) >= 11 is 0. The van der Waals surface area contributed by atoms with Gasteiger partial charge in [0.2, 0.25) is 0 Å². The Hall–Kier alpha value is -2.44. The number of hydrogen-bond donors (Lipinski definition) is 0. The van der Waals surface area contributed by atoms with E-state index in [9.17, 15) is 9.59 Å². The van der Waals surface area contributed by atoms with Crippen LogP contribution in [0.25, 0.3) is 10.9 Å². The molecule has 18 heavy (non-hydrogen) atoms. The quantitative estimate of drug-likeness (QED) is 0.721. The highest BCUT2D eigenvalue weighted by atomic mass is 16.7. The zero-order valence-corrected chi connectivity index (χ0v) is 10.2. The Balaban J connectivity index is 3.09. The van der Waals surface area contributed by atoms with Gasteiger partial charge in [-0.05, 0) is 12.1 Å². The molecule has 0 aliphatic carbocycles. The molecule has 0 atom stereocenters. The van der Waals surface area contributed by atoms with Gasteiger partial charge in [0.25, 0.3) is 0 Å². The van der Waals surface area contributed by atoms with Crippen LogP contribution in [0.15, 0.2) is 27.8 Å². The van der Waals surface area contributed by atoms with Crippen molar-refractivity contribution in [1.29, 1.82) is 0 Å². The lowest BCUT2D eigenvalue weighted by atomic mass is 10.2. The smallest absolute Gasteiger partial charge is 0.398 e. The number of nitrogens with zero attached hydrogens (tertiary/aromatic N) is 2. The van der Waals surface area contributed by atoms with E-state index in [0.29, 0.717) is 16.0 Å². The number of methoxy groups -OCH3 is 1. The van der Waals surface area contributed by atoms with Gasteiger partial charge in [-0.1, -0.05) is 10.8 Å². The van der Waals surface area contributed by atoms with Gasteiger partial charge in [0.15, 0.2) is 0 Å². The minimum absolute atomic E-state index is 0.211. The molecule has 0 saturated carbocycles. The van der Waals surface area contributed by atoms with E-state index in [2.05, 4.69) is 0 Å². The molecule has 0 radical (unpaired) electrons. The van der Waals surface area contributed by atoms with Crippen molar-refractivity contribution in [2.24, 2.45) is 0 Å². The summed E-state index contributed by atoms with van der Waals surface area (Å²) in [5, 5.41) is 0.211. The minimum atomic E-state index is -0.717.